The molecule has 55 heavy (non-hydrogen) atoms. The van der Waals surface area contributed by atoms with Crippen molar-refractivity contribution in [2.75, 3.05) is 30.5 Å². The van der Waals surface area contributed by atoms with Gasteiger partial charge in [0.1, 0.15) is 11.4 Å². The van der Waals surface area contributed by atoms with Gasteiger partial charge in [0.25, 0.3) is 0 Å². The van der Waals surface area contributed by atoms with Gasteiger partial charge in [-0.05, 0) is 60.7 Å². The van der Waals surface area contributed by atoms with Crippen molar-refractivity contribution in [2.24, 2.45) is 20.5 Å². The van der Waals surface area contributed by atoms with Crippen molar-refractivity contribution < 1.29 is 163 Å². The van der Waals surface area contributed by atoms with Gasteiger partial charge < -0.3 is 26.6 Å². The molecule has 0 aliphatic heterocycles. The average Bonchev–Trinajstić information content (AvgIpc) is 3.13. The predicted molar refractivity (Wildman–Crippen MR) is 175 cm³/mol. The van der Waals surface area contributed by atoms with E-state index in [1.807, 2.05) is 0 Å². The van der Waals surface area contributed by atoms with Crippen LogP contribution < -0.4 is 110 Å². The Morgan fingerprint density at radius 1 is 0.636 bits per heavy atom. The maximum atomic E-state index is 12.7. The van der Waals surface area contributed by atoms with Crippen molar-refractivity contribution in [3.05, 3.63) is 66.7 Å². The van der Waals surface area contributed by atoms with E-state index in [-0.39, 0.29) is 180 Å². The largest absolute Gasteiger partial charge is 1.00 e. The summed E-state index contributed by atoms with van der Waals surface area (Å²) in [5, 5.41) is 67.9. The summed E-state index contributed by atoms with van der Waals surface area (Å²) in [5.74, 6) is -1.35. The van der Waals surface area contributed by atoms with Gasteiger partial charge in [-0.3, -0.25) is 23.5 Å². The molecule has 0 fully saturated rings. The third-order valence-electron chi connectivity index (χ3n) is 6.37. The Kier molecular flexibility index (Phi) is 25.3. The number of fused-ring (bicyclic) bond motifs is 1. The van der Waals surface area contributed by atoms with E-state index in [9.17, 15) is 37.7 Å². The Bertz CT molecular complexity index is 2110. The first-order chi connectivity index (χ1) is 25.0. The first kappa shape index (κ1) is 52.5. The van der Waals surface area contributed by atoms with Gasteiger partial charge in [0.15, 0.2) is 50.1 Å². The average molecular weight is 890 g/mol. The van der Waals surface area contributed by atoms with Crippen molar-refractivity contribution >= 4 is 95.6 Å². The second-order valence-corrected chi connectivity index (χ2v) is 15.4. The van der Waals surface area contributed by atoms with Gasteiger partial charge in [0.05, 0.1) is 68.5 Å². The van der Waals surface area contributed by atoms with Crippen LogP contribution in [0.25, 0.3) is 10.8 Å². The third kappa shape index (κ3) is 15.9. The molecule has 0 heterocycles. The van der Waals surface area contributed by atoms with Crippen molar-refractivity contribution in [1.29, 1.82) is 0 Å². The number of nitrogens with two attached hydrogens (primary N) is 1. The molecular formula is C26H22N5Na3O16S5. The molecule has 0 spiro atoms. The minimum Gasteiger partial charge on any atom is -0.691 e. The second kappa shape index (κ2) is 26.5. The number of nitrogen functional groups attached to an aromatic ring is 1. The zero-order valence-electron chi connectivity index (χ0n) is 28.7. The number of azo groups is 2. The van der Waals surface area contributed by atoms with Gasteiger partial charge in [-0.1, -0.05) is 6.07 Å². The predicted octanol–water partition coefficient (Wildman–Crippen LogP) is -5.64. The van der Waals surface area contributed by atoms with Gasteiger partial charge in [-0.2, -0.15) is 14.6 Å². The molecule has 0 bridgehead atoms. The van der Waals surface area contributed by atoms with Crippen molar-refractivity contribution in [1.82, 2.24) is 0 Å². The summed E-state index contributed by atoms with van der Waals surface area (Å²) in [6.07, 6.45) is 0. The standard InChI is InChI=1S/C26H25N5O16S5.3Na/c27-22-9-8-20-21(24(22)30-29-17-2-1-3-19(14-17)52(38,39)13-11-41-50-47-44-35)15-23(48-45-42-33)25(26(20)32)31-28-16-4-6-18(7-5-16)51(36,37)12-10-40-49-46-43-34;;;/h1-9,14-15,32-35H,10-13,27H2;;;/q;3*+1/p-3. The van der Waals surface area contributed by atoms with E-state index in [0.717, 1.165) is 0 Å². The topological polar surface area (TPSA) is 307 Å². The number of hydrogen-bond acceptors (Lipinski definition) is 24. The quantitative estimate of drug-likeness (QED) is 0.0150. The van der Waals surface area contributed by atoms with Crippen LogP contribution in [0.1, 0.15) is 0 Å². The maximum absolute atomic E-state index is 12.7. The number of rotatable bonds is 21. The number of nitrogens with zero attached hydrogens (tertiary/aromatic N) is 4. The van der Waals surface area contributed by atoms with Gasteiger partial charge >= 0.3 is 88.7 Å². The van der Waals surface area contributed by atoms with Gasteiger partial charge in [-0.25, -0.2) is 16.8 Å². The number of benzene rings is 4. The number of phenolic OH excluding ortho intramolecular Hbond substituents is 1. The fourth-order valence-electron chi connectivity index (χ4n) is 4.07. The zero-order valence-corrected chi connectivity index (χ0v) is 38.7. The van der Waals surface area contributed by atoms with E-state index >= 15 is 0 Å². The van der Waals surface area contributed by atoms with E-state index in [2.05, 4.69) is 48.6 Å². The van der Waals surface area contributed by atoms with Crippen LogP contribution in [0.4, 0.5) is 28.4 Å². The van der Waals surface area contributed by atoms with Crippen LogP contribution in [0.3, 0.4) is 0 Å². The number of hydrogen-bond donors (Lipinski definition) is 2. The summed E-state index contributed by atoms with van der Waals surface area (Å²) in [6, 6.07) is 15.0. The Morgan fingerprint density at radius 3 is 1.80 bits per heavy atom. The SMILES string of the molecule is Nc1ccc2c(O)c(N=Nc3ccc(S(=O)(=O)CCOSOO[O-])cc3)c(SOO[O-])cc2c1N=Nc1cccc(S(=O)(=O)CCOSOO[O-])c1.[Na+].[Na+].[Na+]. The van der Waals surface area contributed by atoms with Gasteiger partial charge in [0, 0.05) is 10.8 Å². The molecule has 0 radical (unpaired) electrons. The molecule has 0 saturated carbocycles. The van der Waals surface area contributed by atoms with Crippen LogP contribution in [-0.2, 0) is 56.2 Å². The molecule has 0 saturated heterocycles. The van der Waals surface area contributed by atoms with E-state index in [1.54, 1.807) is 0 Å². The molecule has 0 amide bonds. The smallest absolute Gasteiger partial charge is 0.691 e. The minimum atomic E-state index is -3.85. The molecule has 4 rings (SSSR count). The Balaban J connectivity index is 0.00000504. The monoisotopic (exact) mass is 889 g/mol. The van der Waals surface area contributed by atoms with E-state index in [4.69, 9.17) is 14.1 Å². The summed E-state index contributed by atoms with van der Waals surface area (Å²) in [4.78, 5) is -0.163. The van der Waals surface area contributed by atoms with Gasteiger partial charge in [0.2, 0.25) is 0 Å². The number of phenols is 1. The van der Waals surface area contributed by atoms with E-state index in [1.165, 1.54) is 66.7 Å². The summed E-state index contributed by atoms with van der Waals surface area (Å²) in [6.45, 7) is -0.635. The third-order valence-corrected chi connectivity index (χ3v) is 11.1. The Labute approximate surface area is 391 Å². The van der Waals surface area contributed by atoms with E-state index in [0.29, 0.717) is 12.0 Å². The van der Waals surface area contributed by atoms with Crippen LogP contribution in [0, 0.1) is 0 Å². The van der Waals surface area contributed by atoms with E-state index < -0.39 is 36.9 Å². The Hall–Kier alpha value is -0.550. The summed E-state index contributed by atoms with van der Waals surface area (Å²) < 4.78 is 72.3. The molecular weight excluding hydrogens is 868 g/mol. The fourth-order valence-corrected chi connectivity index (χ4v) is 7.41. The van der Waals surface area contributed by atoms with Crippen molar-refractivity contribution in [2.45, 2.75) is 14.7 Å². The first-order valence-electron chi connectivity index (χ1n) is 13.7. The summed E-state index contributed by atoms with van der Waals surface area (Å²) in [7, 11) is -7.64. The molecule has 0 atom stereocenters. The zero-order chi connectivity index (χ0) is 37.6. The molecule has 0 aromatic heterocycles. The molecule has 0 aliphatic carbocycles. The van der Waals surface area contributed by atoms with Crippen molar-refractivity contribution in [3.8, 4) is 5.75 Å². The van der Waals surface area contributed by atoms with Crippen LogP contribution in [-0.4, -0.2) is 46.7 Å². The Morgan fingerprint density at radius 2 is 1.20 bits per heavy atom. The summed E-state index contributed by atoms with van der Waals surface area (Å²) >= 11 is 0.730. The molecule has 4 aromatic rings. The number of aromatic hydroxyl groups is 1. The van der Waals surface area contributed by atoms with Crippen LogP contribution in [0.2, 0.25) is 0 Å². The number of anilines is 1. The molecule has 0 aliphatic rings. The fraction of sp³-hybridized carbons (Fsp3) is 0.154. The maximum Gasteiger partial charge on any atom is 1.00 e. The van der Waals surface area contributed by atoms with Crippen LogP contribution in [0.5, 0.6) is 5.75 Å². The molecule has 29 heteroatoms. The molecule has 0 unspecified atom stereocenters. The molecule has 280 valence electrons. The summed E-state index contributed by atoms with van der Waals surface area (Å²) in [5.41, 5.74) is 6.46. The normalized spacial score (nSPS) is 11.8. The van der Waals surface area contributed by atoms with Crippen LogP contribution >= 0.6 is 36.7 Å². The van der Waals surface area contributed by atoms with Crippen molar-refractivity contribution in [3.63, 3.8) is 0 Å². The molecule has 4 aromatic carbocycles. The second-order valence-electron chi connectivity index (χ2n) is 9.47. The van der Waals surface area contributed by atoms with Gasteiger partial charge in [-0.15, -0.1) is 18.9 Å². The minimum absolute atomic E-state index is 0. The number of sulfone groups is 2. The first-order valence-corrected chi connectivity index (χ1v) is 19.1. The molecule has 3 N–H and O–H groups in total. The molecule has 21 nitrogen and oxygen atoms in total. The van der Waals surface area contributed by atoms with Crippen LogP contribution in [0.15, 0.2) is 102 Å².